The lowest BCUT2D eigenvalue weighted by Gasteiger charge is -2.36. The molecule has 3 rings (SSSR count). The summed E-state index contributed by atoms with van der Waals surface area (Å²) < 4.78 is 10.6. The number of hydrogen-bond donors (Lipinski definition) is 0. The molecule has 0 aliphatic carbocycles. The number of thiophene rings is 1. The number of rotatable bonds is 4. The Labute approximate surface area is 140 Å². The van der Waals surface area contributed by atoms with Gasteiger partial charge in [0.05, 0.1) is 19.1 Å². The van der Waals surface area contributed by atoms with Crippen molar-refractivity contribution in [2.24, 2.45) is 0 Å². The van der Waals surface area contributed by atoms with Crippen molar-refractivity contribution >= 4 is 22.9 Å². The molecule has 1 aliphatic rings. The van der Waals surface area contributed by atoms with Crippen LogP contribution in [0.5, 0.6) is 11.5 Å². The summed E-state index contributed by atoms with van der Waals surface area (Å²) in [6.45, 7) is 3.08. The minimum absolute atomic E-state index is 0.131. The number of ether oxygens (including phenoxy) is 2. The molecule has 0 unspecified atom stereocenters. The molecule has 0 atom stereocenters. The van der Waals surface area contributed by atoms with Crippen LogP contribution >= 0.6 is 11.3 Å². The highest BCUT2D eigenvalue weighted by Crippen LogP contribution is 2.32. The highest BCUT2D eigenvalue weighted by molar-refractivity contribution is 7.12. The summed E-state index contributed by atoms with van der Waals surface area (Å²) in [7, 11) is 3.27. The maximum Gasteiger partial charge on any atom is 0.264 e. The van der Waals surface area contributed by atoms with Gasteiger partial charge >= 0.3 is 0 Å². The molecule has 122 valence electrons. The van der Waals surface area contributed by atoms with Crippen LogP contribution < -0.4 is 14.4 Å². The lowest BCUT2D eigenvalue weighted by molar-refractivity contribution is 0.0751. The third kappa shape index (κ3) is 3.27. The Morgan fingerprint density at radius 1 is 1.04 bits per heavy atom. The van der Waals surface area contributed by atoms with Gasteiger partial charge in [-0.25, -0.2) is 0 Å². The van der Waals surface area contributed by atoms with E-state index in [9.17, 15) is 4.79 Å². The Balaban J connectivity index is 1.66. The fourth-order valence-corrected chi connectivity index (χ4v) is 3.44. The number of carbonyl (C=O) groups is 1. The van der Waals surface area contributed by atoms with Crippen molar-refractivity contribution in [1.82, 2.24) is 4.90 Å². The second kappa shape index (κ2) is 6.91. The molecular formula is C17H20N2O3S. The maximum absolute atomic E-state index is 12.4. The van der Waals surface area contributed by atoms with Gasteiger partial charge < -0.3 is 19.3 Å². The minimum atomic E-state index is 0.131. The molecule has 0 radical (unpaired) electrons. The lowest BCUT2D eigenvalue weighted by Crippen LogP contribution is -2.48. The van der Waals surface area contributed by atoms with E-state index in [1.54, 1.807) is 14.2 Å². The molecule has 1 aromatic carbocycles. The number of piperazine rings is 1. The Hall–Kier alpha value is -2.21. The zero-order valence-corrected chi connectivity index (χ0v) is 14.1. The van der Waals surface area contributed by atoms with E-state index in [1.165, 1.54) is 11.3 Å². The average Bonchev–Trinajstić information content (AvgIpc) is 3.15. The fraction of sp³-hybridized carbons (Fsp3) is 0.353. The van der Waals surface area contributed by atoms with Crippen LogP contribution in [0.4, 0.5) is 5.69 Å². The SMILES string of the molecule is COc1ccc(N2CCN(C(=O)c3cccs3)CC2)cc1OC. The van der Waals surface area contributed by atoms with Crippen LogP contribution in [-0.2, 0) is 0 Å². The highest BCUT2D eigenvalue weighted by Gasteiger charge is 2.23. The van der Waals surface area contributed by atoms with E-state index in [0.717, 1.165) is 48.2 Å². The first kappa shape index (κ1) is 15.7. The summed E-state index contributed by atoms with van der Waals surface area (Å²) in [5, 5.41) is 1.94. The molecule has 1 aliphatic heterocycles. The van der Waals surface area contributed by atoms with Gasteiger partial charge in [-0.2, -0.15) is 0 Å². The monoisotopic (exact) mass is 332 g/mol. The second-order valence-electron chi connectivity index (χ2n) is 5.30. The van der Waals surface area contributed by atoms with Crippen LogP contribution in [0, 0.1) is 0 Å². The van der Waals surface area contributed by atoms with Gasteiger partial charge in [-0.05, 0) is 23.6 Å². The summed E-state index contributed by atoms with van der Waals surface area (Å²) in [6.07, 6.45) is 0. The fourth-order valence-electron chi connectivity index (χ4n) is 2.75. The van der Waals surface area contributed by atoms with Crippen molar-refractivity contribution in [3.05, 3.63) is 40.6 Å². The van der Waals surface area contributed by atoms with Gasteiger partial charge in [-0.1, -0.05) is 6.07 Å². The van der Waals surface area contributed by atoms with Crippen LogP contribution in [0.3, 0.4) is 0 Å². The van der Waals surface area contributed by atoms with Crippen LogP contribution in [0.15, 0.2) is 35.7 Å². The summed E-state index contributed by atoms with van der Waals surface area (Å²) >= 11 is 1.50. The highest BCUT2D eigenvalue weighted by atomic mass is 32.1. The smallest absolute Gasteiger partial charge is 0.264 e. The normalized spacial score (nSPS) is 14.7. The van der Waals surface area contributed by atoms with E-state index in [0.29, 0.717) is 0 Å². The van der Waals surface area contributed by atoms with Gasteiger partial charge in [-0.3, -0.25) is 4.79 Å². The Morgan fingerprint density at radius 3 is 2.39 bits per heavy atom. The molecule has 1 aromatic heterocycles. The predicted octanol–water partition coefficient (Wildman–Crippen LogP) is 2.73. The van der Waals surface area contributed by atoms with E-state index in [-0.39, 0.29) is 5.91 Å². The lowest BCUT2D eigenvalue weighted by atomic mass is 10.2. The first-order valence-corrected chi connectivity index (χ1v) is 8.40. The van der Waals surface area contributed by atoms with Crippen molar-refractivity contribution < 1.29 is 14.3 Å². The number of carbonyl (C=O) groups excluding carboxylic acids is 1. The van der Waals surface area contributed by atoms with Crippen molar-refractivity contribution in [3.8, 4) is 11.5 Å². The van der Waals surface area contributed by atoms with E-state index in [4.69, 9.17) is 9.47 Å². The van der Waals surface area contributed by atoms with Crippen LogP contribution in [0.1, 0.15) is 9.67 Å². The summed E-state index contributed by atoms with van der Waals surface area (Å²) in [6, 6.07) is 9.72. The van der Waals surface area contributed by atoms with Gasteiger partial charge in [0.1, 0.15) is 0 Å². The molecule has 0 saturated carbocycles. The molecule has 6 heteroatoms. The van der Waals surface area contributed by atoms with Crippen molar-refractivity contribution in [2.75, 3.05) is 45.3 Å². The van der Waals surface area contributed by atoms with Gasteiger partial charge in [0.25, 0.3) is 5.91 Å². The molecule has 0 N–H and O–H groups in total. The molecule has 5 nitrogen and oxygen atoms in total. The third-order valence-corrected chi connectivity index (χ3v) is 4.89. The Kier molecular flexibility index (Phi) is 4.71. The van der Waals surface area contributed by atoms with Crippen LogP contribution in [0.25, 0.3) is 0 Å². The number of nitrogens with zero attached hydrogens (tertiary/aromatic N) is 2. The molecule has 2 heterocycles. The summed E-state index contributed by atoms with van der Waals surface area (Å²) in [4.78, 5) is 17.4. The average molecular weight is 332 g/mol. The molecule has 2 aromatic rings. The zero-order chi connectivity index (χ0) is 16.2. The maximum atomic E-state index is 12.4. The van der Waals surface area contributed by atoms with E-state index >= 15 is 0 Å². The third-order valence-electron chi connectivity index (χ3n) is 4.03. The topological polar surface area (TPSA) is 42.0 Å². The van der Waals surface area contributed by atoms with Crippen LogP contribution in [-0.4, -0.2) is 51.2 Å². The van der Waals surface area contributed by atoms with Gasteiger partial charge in [0.15, 0.2) is 11.5 Å². The van der Waals surface area contributed by atoms with Crippen molar-refractivity contribution in [2.45, 2.75) is 0 Å². The Morgan fingerprint density at radius 2 is 1.78 bits per heavy atom. The first-order chi connectivity index (χ1) is 11.2. The molecule has 0 bridgehead atoms. The molecule has 1 fully saturated rings. The minimum Gasteiger partial charge on any atom is -0.493 e. The molecule has 1 amide bonds. The largest absolute Gasteiger partial charge is 0.493 e. The zero-order valence-electron chi connectivity index (χ0n) is 13.3. The van der Waals surface area contributed by atoms with Crippen LogP contribution in [0.2, 0.25) is 0 Å². The number of anilines is 1. The van der Waals surface area contributed by atoms with Gasteiger partial charge in [-0.15, -0.1) is 11.3 Å². The van der Waals surface area contributed by atoms with Gasteiger partial charge in [0.2, 0.25) is 0 Å². The number of benzene rings is 1. The van der Waals surface area contributed by atoms with E-state index < -0.39 is 0 Å². The van der Waals surface area contributed by atoms with Crippen molar-refractivity contribution in [3.63, 3.8) is 0 Å². The summed E-state index contributed by atoms with van der Waals surface area (Å²) in [5.41, 5.74) is 1.09. The van der Waals surface area contributed by atoms with E-state index in [1.807, 2.05) is 40.6 Å². The second-order valence-corrected chi connectivity index (χ2v) is 6.24. The Bertz CT molecular complexity index is 664. The molecular weight excluding hydrogens is 312 g/mol. The molecule has 1 saturated heterocycles. The standard InChI is InChI=1S/C17H20N2O3S/c1-21-14-6-5-13(12-15(14)22-2)18-7-9-19(10-8-18)17(20)16-4-3-11-23-16/h3-6,11-12H,7-10H2,1-2H3. The van der Waals surface area contributed by atoms with Gasteiger partial charge in [0, 0.05) is 37.9 Å². The van der Waals surface area contributed by atoms with E-state index in [2.05, 4.69) is 4.90 Å². The number of hydrogen-bond acceptors (Lipinski definition) is 5. The van der Waals surface area contributed by atoms with Crippen molar-refractivity contribution in [1.29, 1.82) is 0 Å². The summed E-state index contributed by atoms with van der Waals surface area (Å²) in [5.74, 6) is 1.58. The quantitative estimate of drug-likeness (QED) is 0.863. The number of amides is 1. The molecule has 0 spiro atoms. The predicted molar refractivity (Wildman–Crippen MR) is 92.0 cm³/mol. The number of methoxy groups -OCH3 is 2. The molecule has 23 heavy (non-hydrogen) atoms. The first-order valence-electron chi connectivity index (χ1n) is 7.52.